The minimum absolute atomic E-state index is 0.0278. The lowest BCUT2D eigenvalue weighted by molar-refractivity contribution is -0.0731. The number of alkyl halides is 2. The van der Waals surface area contributed by atoms with Gasteiger partial charge in [0.1, 0.15) is 0 Å². The fraction of sp³-hybridized carbons (Fsp3) is 0.400. The van der Waals surface area contributed by atoms with Crippen molar-refractivity contribution in [2.75, 3.05) is 26.3 Å². The molecule has 2 aliphatic heterocycles. The summed E-state index contributed by atoms with van der Waals surface area (Å²) in [5.41, 5.74) is 2.99. The van der Waals surface area contributed by atoms with Gasteiger partial charge in [0.2, 0.25) is 5.89 Å². The van der Waals surface area contributed by atoms with Crippen molar-refractivity contribution < 1.29 is 17.9 Å². The van der Waals surface area contributed by atoms with Crippen LogP contribution in [0.4, 0.5) is 8.78 Å². The molecular formula is C25H24ClF2N5O3. The Balaban J connectivity index is 1.28. The molecule has 0 spiro atoms. The Hall–Kier alpha value is -3.08. The highest BCUT2D eigenvalue weighted by molar-refractivity contribution is 6.31. The number of halogens is 3. The SMILES string of the molecule is O=c1n(Cc2ccc(-c3nnc(C(F)F)o3)cc2)c2ccc(Cl)cc2n1C1CCN(C2COC2)CC1. The van der Waals surface area contributed by atoms with Crippen LogP contribution in [0, 0.1) is 0 Å². The normalized spacial score (nSPS) is 17.8. The van der Waals surface area contributed by atoms with Crippen molar-refractivity contribution >= 4 is 22.6 Å². The second-order valence-corrected chi connectivity index (χ2v) is 9.71. The molecule has 0 bridgehead atoms. The first kappa shape index (κ1) is 23.3. The molecule has 2 saturated heterocycles. The fourth-order valence-electron chi connectivity index (χ4n) is 5.08. The summed E-state index contributed by atoms with van der Waals surface area (Å²) >= 11 is 6.33. The maximum Gasteiger partial charge on any atom is 0.329 e. The third kappa shape index (κ3) is 4.23. The first-order chi connectivity index (χ1) is 17.5. The van der Waals surface area contributed by atoms with Crippen LogP contribution in [0.15, 0.2) is 51.7 Å². The lowest BCUT2D eigenvalue weighted by atomic mass is 10.0. The molecule has 2 fully saturated rings. The Labute approximate surface area is 210 Å². The molecule has 0 radical (unpaired) electrons. The standard InChI is InChI=1S/C25H24ClF2N5O3/c26-17-5-6-20-21(11-17)33(18-7-9-31(10-8-18)19-13-35-14-19)25(34)32(20)12-15-1-3-16(4-2-15)23-29-30-24(36-23)22(27)28/h1-6,11,18-19,22H,7-10,12-14H2. The van der Waals surface area contributed by atoms with Crippen molar-refractivity contribution in [1.29, 1.82) is 0 Å². The number of benzene rings is 2. The topological polar surface area (TPSA) is 78.3 Å². The molecule has 2 aliphatic rings. The molecule has 0 unspecified atom stereocenters. The first-order valence-corrected chi connectivity index (χ1v) is 12.3. The van der Waals surface area contributed by atoms with Gasteiger partial charge in [0.25, 0.3) is 5.89 Å². The highest BCUT2D eigenvalue weighted by Crippen LogP contribution is 2.30. The minimum atomic E-state index is -2.82. The maximum atomic E-state index is 13.7. The van der Waals surface area contributed by atoms with E-state index in [2.05, 4.69) is 15.1 Å². The average Bonchev–Trinajstić information content (AvgIpc) is 3.43. The second kappa shape index (κ2) is 9.42. The van der Waals surface area contributed by atoms with E-state index >= 15 is 0 Å². The average molecular weight is 516 g/mol. The third-order valence-electron chi connectivity index (χ3n) is 7.09. The number of imidazole rings is 1. The van der Waals surface area contributed by atoms with Gasteiger partial charge in [0.15, 0.2) is 0 Å². The van der Waals surface area contributed by atoms with Crippen LogP contribution in [0.5, 0.6) is 0 Å². The molecule has 0 N–H and O–H groups in total. The molecule has 6 rings (SSSR count). The van der Waals surface area contributed by atoms with Crippen LogP contribution in [0.3, 0.4) is 0 Å². The van der Waals surface area contributed by atoms with Gasteiger partial charge in [0.05, 0.1) is 36.8 Å². The highest BCUT2D eigenvalue weighted by Gasteiger charge is 2.31. The van der Waals surface area contributed by atoms with Gasteiger partial charge in [-0.05, 0) is 48.7 Å². The molecule has 0 aliphatic carbocycles. The number of hydrogen-bond donors (Lipinski definition) is 0. The number of fused-ring (bicyclic) bond motifs is 1. The Morgan fingerprint density at radius 1 is 1.00 bits per heavy atom. The predicted octanol–water partition coefficient (Wildman–Crippen LogP) is 4.53. The van der Waals surface area contributed by atoms with Crippen LogP contribution in [-0.2, 0) is 11.3 Å². The van der Waals surface area contributed by atoms with E-state index in [-0.39, 0.29) is 17.6 Å². The molecule has 0 amide bonds. The summed E-state index contributed by atoms with van der Waals surface area (Å²) in [6.45, 7) is 3.80. The molecule has 36 heavy (non-hydrogen) atoms. The molecule has 8 nitrogen and oxygen atoms in total. The van der Waals surface area contributed by atoms with E-state index in [0.717, 1.165) is 55.7 Å². The zero-order chi connectivity index (χ0) is 24.8. The van der Waals surface area contributed by atoms with E-state index < -0.39 is 12.3 Å². The number of hydrogen-bond acceptors (Lipinski definition) is 6. The maximum absolute atomic E-state index is 13.7. The molecule has 4 heterocycles. The summed E-state index contributed by atoms with van der Waals surface area (Å²) in [5, 5.41) is 7.64. The van der Waals surface area contributed by atoms with Crippen molar-refractivity contribution in [1.82, 2.24) is 24.2 Å². The van der Waals surface area contributed by atoms with E-state index in [1.165, 1.54) is 0 Å². The van der Waals surface area contributed by atoms with Crippen molar-refractivity contribution in [3.63, 3.8) is 0 Å². The van der Waals surface area contributed by atoms with Gasteiger partial charge in [-0.2, -0.15) is 8.78 Å². The van der Waals surface area contributed by atoms with Crippen LogP contribution in [0.25, 0.3) is 22.5 Å². The highest BCUT2D eigenvalue weighted by atomic mass is 35.5. The zero-order valence-corrected chi connectivity index (χ0v) is 20.1. The number of aromatic nitrogens is 4. The first-order valence-electron chi connectivity index (χ1n) is 11.9. The summed E-state index contributed by atoms with van der Waals surface area (Å²) in [6.07, 6.45) is -1.04. The molecule has 188 valence electrons. The lowest BCUT2D eigenvalue weighted by Gasteiger charge is -2.41. The largest absolute Gasteiger partial charge is 0.415 e. The third-order valence-corrected chi connectivity index (χ3v) is 7.33. The number of likely N-dealkylation sites (tertiary alicyclic amines) is 1. The Bertz CT molecular complexity index is 1440. The van der Waals surface area contributed by atoms with E-state index in [9.17, 15) is 13.6 Å². The predicted molar refractivity (Wildman–Crippen MR) is 129 cm³/mol. The second-order valence-electron chi connectivity index (χ2n) is 9.27. The van der Waals surface area contributed by atoms with E-state index in [1.807, 2.05) is 28.8 Å². The molecular weight excluding hydrogens is 492 g/mol. The monoisotopic (exact) mass is 515 g/mol. The quantitative estimate of drug-likeness (QED) is 0.375. The van der Waals surface area contributed by atoms with Gasteiger partial charge < -0.3 is 9.15 Å². The Kier molecular flexibility index (Phi) is 6.10. The number of ether oxygens (including phenoxy) is 1. The summed E-state index contributed by atoms with van der Waals surface area (Å²) in [6, 6.07) is 13.2. The summed E-state index contributed by atoms with van der Waals surface area (Å²) in [5.74, 6) is -0.681. The van der Waals surface area contributed by atoms with E-state index in [0.29, 0.717) is 23.2 Å². The van der Waals surface area contributed by atoms with Gasteiger partial charge in [-0.1, -0.05) is 23.7 Å². The molecule has 2 aromatic heterocycles. The van der Waals surface area contributed by atoms with Crippen LogP contribution < -0.4 is 5.69 Å². The van der Waals surface area contributed by atoms with Crippen LogP contribution in [0.1, 0.15) is 36.8 Å². The lowest BCUT2D eigenvalue weighted by Crippen LogP contribution is -2.52. The van der Waals surface area contributed by atoms with E-state index in [4.69, 9.17) is 20.8 Å². The minimum Gasteiger partial charge on any atom is -0.415 e. The number of nitrogens with zero attached hydrogens (tertiary/aromatic N) is 5. The Morgan fingerprint density at radius 2 is 1.75 bits per heavy atom. The number of piperidine rings is 1. The zero-order valence-electron chi connectivity index (χ0n) is 19.3. The summed E-state index contributed by atoms with van der Waals surface area (Å²) in [7, 11) is 0. The van der Waals surface area contributed by atoms with Gasteiger partial charge in [0, 0.05) is 29.7 Å². The van der Waals surface area contributed by atoms with E-state index in [1.54, 1.807) is 22.8 Å². The Morgan fingerprint density at radius 3 is 2.39 bits per heavy atom. The van der Waals surface area contributed by atoms with Crippen LogP contribution in [-0.4, -0.2) is 56.6 Å². The van der Waals surface area contributed by atoms with Crippen LogP contribution in [0.2, 0.25) is 5.02 Å². The van der Waals surface area contributed by atoms with Gasteiger partial charge in [-0.15, -0.1) is 10.2 Å². The van der Waals surface area contributed by atoms with Crippen molar-refractivity contribution in [3.8, 4) is 11.5 Å². The number of rotatable bonds is 6. The van der Waals surface area contributed by atoms with Crippen LogP contribution >= 0.6 is 11.6 Å². The smallest absolute Gasteiger partial charge is 0.329 e. The van der Waals surface area contributed by atoms with Crippen molar-refractivity contribution in [2.24, 2.45) is 0 Å². The summed E-state index contributed by atoms with van der Waals surface area (Å²) in [4.78, 5) is 16.1. The van der Waals surface area contributed by atoms with Gasteiger partial charge in [-0.25, -0.2) is 4.79 Å². The van der Waals surface area contributed by atoms with Crippen molar-refractivity contribution in [3.05, 3.63) is 69.4 Å². The molecule has 2 aromatic carbocycles. The van der Waals surface area contributed by atoms with Gasteiger partial charge in [-0.3, -0.25) is 14.0 Å². The summed E-state index contributed by atoms with van der Waals surface area (Å²) < 4.78 is 39.5. The molecule has 0 saturated carbocycles. The molecule has 0 atom stereocenters. The molecule has 11 heteroatoms. The van der Waals surface area contributed by atoms with Gasteiger partial charge >= 0.3 is 12.1 Å². The molecule has 4 aromatic rings. The van der Waals surface area contributed by atoms with Crippen molar-refractivity contribution in [2.45, 2.75) is 37.9 Å². The fourth-order valence-corrected chi connectivity index (χ4v) is 5.24.